The minimum atomic E-state index is -0.112. The van der Waals surface area contributed by atoms with Gasteiger partial charge in [-0.3, -0.25) is 4.79 Å². The number of anilines is 3. The molecular formula is C25H34N6O. The highest BCUT2D eigenvalue weighted by Gasteiger charge is 2.61. The van der Waals surface area contributed by atoms with E-state index in [1.807, 2.05) is 12.1 Å². The van der Waals surface area contributed by atoms with Crippen LogP contribution in [0.1, 0.15) is 50.5 Å². The summed E-state index contributed by atoms with van der Waals surface area (Å²) < 4.78 is 0. The Bertz CT molecular complexity index is 984. The molecule has 5 rings (SSSR count). The van der Waals surface area contributed by atoms with Crippen molar-refractivity contribution < 1.29 is 4.79 Å². The third-order valence-corrected chi connectivity index (χ3v) is 8.59. The van der Waals surface area contributed by atoms with E-state index in [0.29, 0.717) is 17.6 Å². The van der Waals surface area contributed by atoms with E-state index >= 15 is 0 Å². The van der Waals surface area contributed by atoms with Gasteiger partial charge in [-0.25, -0.2) is 9.97 Å². The summed E-state index contributed by atoms with van der Waals surface area (Å²) >= 11 is 0. The number of carbonyl (C=O) groups excluding carboxylic acids is 1. The Morgan fingerprint density at radius 3 is 2.53 bits per heavy atom. The van der Waals surface area contributed by atoms with Crippen LogP contribution >= 0.6 is 0 Å². The molecule has 170 valence electrons. The predicted octanol–water partition coefficient (Wildman–Crippen LogP) is 3.57. The van der Waals surface area contributed by atoms with E-state index in [2.05, 4.69) is 63.7 Å². The van der Waals surface area contributed by atoms with Crippen LogP contribution in [-0.4, -0.2) is 48.1 Å². The van der Waals surface area contributed by atoms with Gasteiger partial charge in [0.2, 0.25) is 5.95 Å². The number of hydrogen-bond donors (Lipinski definition) is 3. The number of rotatable bonds is 5. The Labute approximate surface area is 190 Å². The van der Waals surface area contributed by atoms with E-state index < -0.39 is 0 Å². The Hall–Kier alpha value is -2.67. The van der Waals surface area contributed by atoms with E-state index in [4.69, 9.17) is 0 Å². The van der Waals surface area contributed by atoms with E-state index in [1.165, 1.54) is 18.5 Å². The Balaban J connectivity index is 1.24. The smallest absolute Gasteiger partial charge is 0.270 e. The summed E-state index contributed by atoms with van der Waals surface area (Å²) in [7, 11) is 0. The number of piperazine rings is 1. The normalized spacial score (nSPS) is 28.5. The molecule has 1 saturated heterocycles. The van der Waals surface area contributed by atoms with Crippen molar-refractivity contribution in [1.29, 1.82) is 0 Å². The predicted molar refractivity (Wildman–Crippen MR) is 127 cm³/mol. The number of amides is 1. The molecule has 1 aromatic heterocycles. The summed E-state index contributed by atoms with van der Waals surface area (Å²) in [5.41, 5.74) is 2.94. The number of aromatic nitrogens is 2. The van der Waals surface area contributed by atoms with Crippen molar-refractivity contribution in [2.24, 2.45) is 16.7 Å². The van der Waals surface area contributed by atoms with Gasteiger partial charge in [-0.15, -0.1) is 0 Å². The summed E-state index contributed by atoms with van der Waals surface area (Å²) in [6, 6.07) is 10.2. The van der Waals surface area contributed by atoms with Crippen LogP contribution < -0.4 is 20.9 Å². The molecule has 7 nitrogen and oxygen atoms in total. The average Bonchev–Trinajstić information content (AvgIpc) is 3.14. The molecule has 3 atom stereocenters. The molecule has 0 unspecified atom stereocenters. The second-order valence-electron chi connectivity index (χ2n) is 10.3. The number of nitrogens with zero attached hydrogens (tertiary/aromatic N) is 3. The van der Waals surface area contributed by atoms with Crippen LogP contribution in [0, 0.1) is 16.7 Å². The highest BCUT2D eigenvalue weighted by molar-refractivity contribution is 5.92. The molecule has 2 bridgehead atoms. The number of nitrogens with one attached hydrogen (secondary N) is 3. The van der Waals surface area contributed by atoms with E-state index in [0.717, 1.165) is 38.3 Å². The second-order valence-corrected chi connectivity index (χ2v) is 10.3. The lowest BCUT2D eigenvalue weighted by molar-refractivity contribution is 0.0821. The largest absolute Gasteiger partial charge is 0.369 e. The van der Waals surface area contributed by atoms with Gasteiger partial charge >= 0.3 is 0 Å². The molecule has 1 amide bonds. The molecule has 2 aliphatic carbocycles. The van der Waals surface area contributed by atoms with Gasteiger partial charge in [0.05, 0.1) is 0 Å². The zero-order chi connectivity index (χ0) is 22.3. The van der Waals surface area contributed by atoms with Crippen molar-refractivity contribution in [3.05, 3.63) is 42.2 Å². The quantitative estimate of drug-likeness (QED) is 0.667. The van der Waals surface area contributed by atoms with Crippen molar-refractivity contribution in [3.63, 3.8) is 0 Å². The van der Waals surface area contributed by atoms with Crippen LogP contribution in [0.25, 0.3) is 0 Å². The molecule has 0 radical (unpaired) electrons. The summed E-state index contributed by atoms with van der Waals surface area (Å²) in [6.45, 7) is 11.1. The first-order valence-corrected chi connectivity index (χ1v) is 11.8. The first-order valence-electron chi connectivity index (χ1n) is 11.8. The van der Waals surface area contributed by atoms with E-state index in [1.54, 1.807) is 12.3 Å². The monoisotopic (exact) mass is 434 g/mol. The van der Waals surface area contributed by atoms with Gasteiger partial charge in [0.15, 0.2) is 0 Å². The number of carbonyl (C=O) groups is 1. The maximum atomic E-state index is 13.0. The lowest BCUT2D eigenvalue weighted by atomic mass is 9.69. The number of benzene rings is 1. The van der Waals surface area contributed by atoms with Gasteiger partial charge < -0.3 is 20.9 Å². The average molecular weight is 435 g/mol. The van der Waals surface area contributed by atoms with Gasteiger partial charge in [0.25, 0.3) is 5.91 Å². The fourth-order valence-corrected chi connectivity index (χ4v) is 6.01. The molecule has 2 heterocycles. The fraction of sp³-hybridized carbons (Fsp3) is 0.560. The standard InChI is InChI=1S/C25H34N6O/c1-24(2)17-8-10-25(24,3)21(16-17)30-22(32)20-9-11-27-23(29-20)28-18-4-6-19(7-5-18)31-14-12-26-13-15-31/h4-7,9,11,17,21,26H,8,10,12-16H2,1-3H3,(H,30,32)(H,27,28,29)/t17-,21+,25-/m0/s1. The molecule has 1 aromatic carbocycles. The molecule has 32 heavy (non-hydrogen) atoms. The minimum absolute atomic E-state index is 0.112. The highest BCUT2D eigenvalue weighted by Crippen LogP contribution is 2.65. The minimum Gasteiger partial charge on any atom is -0.369 e. The number of fused-ring (bicyclic) bond motifs is 2. The molecular weight excluding hydrogens is 400 g/mol. The lowest BCUT2D eigenvalue weighted by Crippen LogP contribution is -2.47. The fourth-order valence-electron chi connectivity index (χ4n) is 6.01. The van der Waals surface area contributed by atoms with Gasteiger partial charge in [-0.1, -0.05) is 20.8 Å². The van der Waals surface area contributed by atoms with Gasteiger partial charge in [-0.05, 0) is 66.3 Å². The van der Waals surface area contributed by atoms with Crippen molar-refractivity contribution in [1.82, 2.24) is 20.6 Å². The molecule has 0 spiro atoms. The maximum absolute atomic E-state index is 13.0. The third kappa shape index (κ3) is 3.62. The topological polar surface area (TPSA) is 82.2 Å². The summed E-state index contributed by atoms with van der Waals surface area (Å²) in [4.78, 5) is 24.2. The molecule has 3 N–H and O–H groups in total. The Kier molecular flexibility index (Phi) is 5.32. The van der Waals surface area contributed by atoms with Crippen molar-refractivity contribution in [3.8, 4) is 0 Å². The molecule has 2 aromatic rings. The zero-order valence-corrected chi connectivity index (χ0v) is 19.3. The maximum Gasteiger partial charge on any atom is 0.270 e. The molecule has 3 fully saturated rings. The van der Waals surface area contributed by atoms with Crippen LogP contribution in [0.2, 0.25) is 0 Å². The van der Waals surface area contributed by atoms with E-state index in [9.17, 15) is 4.79 Å². The van der Waals surface area contributed by atoms with Crippen LogP contribution in [0.5, 0.6) is 0 Å². The first-order chi connectivity index (χ1) is 15.4. The van der Waals surface area contributed by atoms with Gasteiger partial charge in [0.1, 0.15) is 5.69 Å². The van der Waals surface area contributed by atoms with Crippen molar-refractivity contribution in [2.45, 2.75) is 46.1 Å². The van der Waals surface area contributed by atoms with Gasteiger partial charge in [-0.2, -0.15) is 0 Å². The first kappa shape index (κ1) is 21.2. The van der Waals surface area contributed by atoms with E-state index in [-0.39, 0.29) is 22.8 Å². The van der Waals surface area contributed by atoms with Crippen LogP contribution in [-0.2, 0) is 0 Å². The van der Waals surface area contributed by atoms with Crippen molar-refractivity contribution >= 4 is 23.2 Å². The Morgan fingerprint density at radius 2 is 1.88 bits per heavy atom. The molecule has 2 saturated carbocycles. The van der Waals surface area contributed by atoms with Crippen molar-refractivity contribution in [2.75, 3.05) is 36.4 Å². The summed E-state index contributed by atoms with van der Waals surface area (Å²) in [5.74, 6) is 1.01. The zero-order valence-electron chi connectivity index (χ0n) is 19.3. The van der Waals surface area contributed by atoms with Crippen LogP contribution in [0.3, 0.4) is 0 Å². The Morgan fingerprint density at radius 1 is 1.12 bits per heavy atom. The lowest BCUT2D eigenvalue weighted by Gasteiger charge is -2.39. The molecule has 1 aliphatic heterocycles. The summed E-state index contributed by atoms with van der Waals surface area (Å²) in [6.07, 6.45) is 5.15. The van der Waals surface area contributed by atoms with Crippen LogP contribution in [0.4, 0.5) is 17.3 Å². The SMILES string of the molecule is CC1(C)[C@H]2CC[C@@]1(C)[C@H](NC(=O)c1ccnc(Nc3ccc(N4CCNCC4)cc3)n1)C2. The number of hydrogen-bond acceptors (Lipinski definition) is 6. The highest BCUT2D eigenvalue weighted by atomic mass is 16.2. The molecule has 3 aliphatic rings. The van der Waals surface area contributed by atoms with Gasteiger partial charge in [0, 0.05) is 49.8 Å². The van der Waals surface area contributed by atoms with Crippen LogP contribution in [0.15, 0.2) is 36.5 Å². The summed E-state index contributed by atoms with van der Waals surface area (Å²) in [5, 5.41) is 9.90. The third-order valence-electron chi connectivity index (χ3n) is 8.59. The second kappa shape index (κ2) is 8.03. The molecule has 7 heteroatoms.